The minimum absolute atomic E-state index is 0.132. The number of benzene rings is 2. The fraction of sp³-hybridized carbons (Fsp3) is 0.200. The Labute approximate surface area is 191 Å². The second-order valence-corrected chi connectivity index (χ2v) is 9.70. The van der Waals surface area contributed by atoms with Crippen molar-refractivity contribution in [3.05, 3.63) is 74.0 Å². The first kappa shape index (κ1) is 23.4. The molecule has 11 heteroatoms. The zero-order valence-corrected chi connectivity index (χ0v) is 19.2. The van der Waals surface area contributed by atoms with Crippen LogP contribution in [0.4, 0.5) is 0 Å². The summed E-state index contributed by atoms with van der Waals surface area (Å²) in [5.41, 5.74) is 0.0348. The lowest BCUT2D eigenvalue weighted by molar-refractivity contribution is -0.149. The number of nitrogens with one attached hydrogen (secondary N) is 1. The van der Waals surface area contributed by atoms with Crippen LogP contribution in [0, 0.1) is 0 Å². The molecule has 8 nitrogen and oxygen atoms in total. The number of halogens is 2. The van der Waals surface area contributed by atoms with Crippen molar-refractivity contribution in [3.63, 3.8) is 0 Å². The lowest BCUT2D eigenvalue weighted by Gasteiger charge is -2.20. The van der Waals surface area contributed by atoms with Gasteiger partial charge in [0.2, 0.25) is 10.0 Å². The number of sulfonamides is 1. The largest absolute Gasteiger partial charge is 0.460 e. The first-order valence-electron chi connectivity index (χ1n) is 8.92. The molecule has 0 aliphatic heterocycles. The number of carbonyl (C=O) groups excluding carboxylic acids is 1. The van der Waals surface area contributed by atoms with Crippen molar-refractivity contribution >= 4 is 54.5 Å². The summed E-state index contributed by atoms with van der Waals surface area (Å²) >= 11 is 9.05. The Morgan fingerprint density at radius 1 is 1.23 bits per heavy atom. The third-order valence-corrected chi connectivity index (χ3v) is 6.51. The predicted molar refractivity (Wildman–Crippen MR) is 117 cm³/mol. The van der Waals surface area contributed by atoms with Crippen LogP contribution >= 0.6 is 27.5 Å². The zero-order valence-electron chi connectivity index (χ0n) is 16.0. The summed E-state index contributed by atoms with van der Waals surface area (Å²) in [5, 5.41) is 10.9. The number of esters is 1. The van der Waals surface area contributed by atoms with Crippen LogP contribution < -0.4 is 10.3 Å². The lowest BCUT2D eigenvalue weighted by atomic mass is 10.1. The normalized spacial score (nSPS) is 13.7. The average molecular weight is 531 g/mol. The Morgan fingerprint density at radius 3 is 2.55 bits per heavy atom. The summed E-state index contributed by atoms with van der Waals surface area (Å²) in [4.78, 5) is 24.2. The molecule has 0 spiro atoms. The van der Waals surface area contributed by atoms with E-state index in [-0.39, 0.29) is 11.5 Å². The minimum Gasteiger partial charge on any atom is -0.460 e. The molecular weight excluding hydrogens is 514 g/mol. The molecule has 2 N–H and O–H groups in total. The van der Waals surface area contributed by atoms with Gasteiger partial charge in [-0.25, -0.2) is 13.2 Å². The Morgan fingerprint density at radius 2 is 1.90 bits per heavy atom. The number of aliphatic hydroxyl groups excluding tert-OH is 1. The summed E-state index contributed by atoms with van der Waals surface area (Å²) < 4.78 is 38.3. The maximum atomic E-state index is 12.6. The van der Waals surface area contributed by atoms with Crippen LogP contribution in [0.5, 0.6) is 0 Å². The molecule has 0 fully saturated rings. The monoisotopic (exact) mass is 529 g/mol. The molecule has 1 aromatic heterocycles. The SMILES string of the molecule is CC(O)C(NS(=O)(=O)c1ccc(Cl)cc1)C(=O)OCc1cc(=O)oc2cc(Br)ccc12. The van der Waals surface area contributed by atoms with E-state index < -0.39 is 33.8 Å². The van der Waals surface area contributed by atoms with Crippen LogP contribution in [0.15, 0.2) is 67.1 Å². The van der Waals surface area contributed by atoms with E-state index in [1.807, 2.05) is 0 Å². The fourth-order valence-corrected chi connectivity index (χ4v) is 4.48. The van der Waals surface area contributed by atoms with Crippen molar-refractivity contribution in [1.82, 2.24) is 4.72 Å². The number of fused-ring (bicyclic) bond motifs is 1. The van der Waals surface area contributed by atoms with Crippen molar-refractivity contribution in [1.29, 1.82) is 0 Å². The molecule has 0 saturated carbocycles. The van der Waals surface area contributed by atoms with Crippen molar-refractivity contribution in [3.8, 4) is 0 Å². The molecule has 0 amide bonds. The van der Waals surface area contributed by atoms with Crippen molar-refractivity contribution in [2.75, 3.05) is 0 Å². The molecule has 2 unspecified atom stereocenters. The highest BCUT2D eigenvalue weighted by Crippen LogP contribution is 2.22. The topological polar surface area (TPSA) is 123 Å². The molecule has 3 rings (SSSR count). The van der Waals surface area contributed by atoms with Gasteiger partial charge in [0.05, 0.1) is 11.0 Å². The Balaban J connectivity index is 1.80. The van der Waals surface area contributed by atoms with Crippen LogP contribution in [0.3, 0.4) is 0 Å². The lowest BCUT2D eigenvalue weighted by Crippen LogP contribution is -2.48. The number of aliphatic hydroxyl groups is 1. The molecule has 164 valence electrons. The maximum absolute atomic E-state index is 12.6. The van der Waals surface area contributed by atoms with Gasteiger partial charge in [0.1, 0.15) is 18.2 Å². The minimum atomic E-state index is -4.14. The third-order valence-electron chi connectivity index (χ3n) is 4.30. The third kappa shape index (κ3) is 5.72. The first-order valence-corrected chi connectivity index (χ1v) is 11.6. The Bertz CT molecular complexity index is 1270. The van der Waals surface area contributed by atoms with E-state index in [0.29, 0.717) is 26.0 Å². The van der Waals surface area contributed by atoms with Gasteiger partial charge in [-0.15, -0.1) is 0 Å². The second kappa shape index (κ2) is 9.49. The van der Waals surface area contributed by atoms with E-state index in [1.165, 1.54) is 37.3 Å². The van der Waals surface area contributed by atoms with Gasteiger partial charge in [0.15, 0.2) is 0 Å². The van der Waals surface area contributed by atoms with E-state index in [2.05, 4.69) is 20.7 Å². The predicted octanol–water partition coefficient (Wildman–Crippen LogP) is 2.98. The average Bonchev–Trinajstić information content (AvgIpc) is 2.69. The molecule has 0 bridgehead atoms. The molecule has 2 atom stereocenters. The van der Waals surface area contributed by atoms with Gasteiger partial charge >= 0.3 is 11.6 Å². The number of hydrogen-bond donors (Lipinski definition) is 2. The molecular formula is C20H17BrClNO7S. The summed E-state index contributed by atoms with van der Waals surface area (Å²) in [7, 11) is -4.14. The molecule has 31 heavy (non-hydrogen) atoms. The molecule has 0 aliphatic rings. The van der Waals surface area contributed by atoms with E-state index >= 15 is 0 Å². The van der Waals surface area contributed by atoms with E-state index in [4.69, 9.17) is 20.8 Å². The number of carbonyl (C=O) groups is 1. The molecule has 0 aliphatic carbocycles. The van der Waals surface area contributed by atoms with E-state index in [9.17, 15) is 23.1 Å². The Hall–Kier alpha value is -2.24. The maximum Gasteiger partial charge on any atom is 0.336 e. The molecule has 2 aromatic carbocycles. The molecule has 1 heterocycles. The number of hydrogen-bond acceptors (Lipinski definition) is 7. The van der Waals surface area contributed by atoms with Gasteiger partial charge < -0.3 is 14.3 Å². The Kier molecular flexibility index (Phi) is 7.17. The van der Waals surface area contributed by atoms with Crippen LogP contribution in [0.1, 0.15) is 12.5 Å². The van der Waals surface area contributed by atoms with Crippen molar-refractivity contribution in [2.24, 2.45) is 0 Å². The van der Waals surface area contributed by atoms with E-state index in [0.717, 1.165) is 0 Å². The highest BCUT2D eigenvalue weighted by molar-refractivity contribution is 9.10. The van der Waals surface area contributed by atoms with Crippen LogP contribution in [-0.2, 0) is 26.2 Å². The van der Waals surface area contributed by atoms with Gasteiger partial charge in [-0.1, -0.05) is 27.5 Å². The van der Waals surface area contributed by atoms with Gasteiger partial charge in [0, 0.05) is 26.5 Å². The molecule has 0 radical (unpaired) electrons. The van der Waals surface area contributed by atoms with Gasteiger partial charge in [-0.05, 0) is 49.4 Å². The quantitative estimate of drug-likeness (QED) is 0.356. The van der Waals surface area contributed by atoms with Gasteiger partial charge in [-0.2, -0.15) is 4.72 Å². The highest BCUT2D eigenvalue weighted by Gasteiger charge is 2.31. The van der Waals surface area contributed by atoms with Gasteiger partial charge in [0.25, 0.3) is 0 Å². The van der Waals surface area contributed by atoms with Crippen LogP contribution in [0.2, 0.25) is 5.02 Å². The van der Waals surface area contributed by atoms with Crippen molar-refractivity contribution in [2.45, 2.75) is 30.6 Å². The summed E-state index contributed by atoms with van der Waals surface area (Å²) in [5.74, 6) is -1.01. The summed E-state index contributed by atoms with van der Waals surface area (Å²) in [6.45, 7) is 0.925. The smallest absolute Gasteiger partial charge is 0.336 e. The van der Waals surface area contributed by atoms with Crippen LogP contribution in [-0.4, -0.2) is 31.6 Å². The van der Waals surface area contributed by atoms with Crippen molar-refractivity contribution < 1.29 is 27.5 Å². The van der Waals surface area contributed by atoms with Crippen LogP contribution in [0.25, 0.3) is 11.0 Å². The summed E-state index contributed by atoms with van der Waals surface area (Å²) in [6, 6.07) is 9.92. The molecule has 0 saturated heterocycles. The van der Waals surface area contributed by atoms with Gasteiger partial charge in [-0.3, -0.25) is 4.79 Å². The summed E-state index contributed by atoms with van der Waals surface area (Å²) in [6.07, 6.45) is -1.39. The zero-order chi connectivity index (χ0) is 22.8. The standard InChI is InChI=1S/C20H17BrClNO7S/c1-11(24)19(23-31(27,28)15-5-3-14(22)4-6-15)20(26)29-10-12-8-18(25)30-17-9-13(21)2-7-16(12)17/h2-9,11,19,23-24H,10H2,1H3. The fourth-order valence-electron chi connectivity index (χ4n) is 2.75. The first-order chi connectivity index (χ1) is 14.6. The number of ether oxygens (including phenoxy) is 1. The highest BCUT2D eigenvalue weighted by atomic mass is 79.9. The molecule has 3 aromatic rings. The van der Waals surface area contributed by atoms with E-state index in [1.54, 1.807) is 18.2 Å². The second-order valence-electron chi connectivity index (χ2n) is 6.63. The number of rotatable bonds is 7.